The molecule has 3 nitrogen and oxygen atoms in total. The summed E-state index contributed by atoms with van der Waals surface area (Å²) in [7, 11) is -3.19. The van der Waals surface area contributed by atoms with E-state index in [-0.39, 0.29) is 5.75 Å². The summed E-state index contributed by atoms with van der Waals surface area (Å²) in [5.74, 6) is 0.0986. The molecule has 1 rings (SSSR count). The quantitative estimate of drug-likeness (QED) is 0.858. The molecule has 0 spiro atoms. The van der Waals surface area contributed by atoms with Gasteiger partial charge in [0.05, 0.1) is 16.8 Å². The van der Waals surface area contributed by atoms with E-state index >= 15 is 0 Å². The van der Waals surface area contributed by atoms with Crippen molar-refractivity contribution in [2.45, 2.75) is 37.7 Å². The van der Waals surface area contributed by atoms with Crippen LogP contribution in [-0.4, -0.2) is 25.4 Å². The van der Waals surface area contributed by atoms with Gasteiger partial charge in [0.15, 0.2) is 9.84 Å². The lowest BCUT2D eigenvalue weighted by Crippen LogP contribution is -2.09. The van der Waals surface area contributed by atoms with Gasteiger partial charge in [-0.05, 0) is 44.4 Å². The van der Waals surface area contributed by atoms with Crippen LogP contribution in [0.1, 0.15) is 25.3 Å². The van der Waals surface area contributed by atoms with E-state index in [1.165, 1.54) is 0 Å². The summed E-state index contributed by atoms with van der Waals surface area (Å²) in [4.78, 5) is 0.373. The molecule has 90 valence electrons. The lowest BCUT2D eigenvalue weighted by Gasteiger charge is -2.06. The molecule has 0 amide bonds. The molecule has 16 heavy (non-hydrogen) atoms. The number of sulfone groups is 1. The summed E-state index contributed by atoms with van der Waals surface area (Å²) in [5.41, 5.74) is 0.941. The van der Waals surface area contributed by atoms with E-state index in [2.05, 4.69) is 0 Å². The largest absolute Gasteiger partial charge is 0.393 e. The van der Waals surface area contributed by atoms with Crippen molar-refractivity contribution in [1.82, 2.24) is 0 Å². The Kier molecular flexibility index (Phi) is 4.50. The fourth-order valence-corrected chi connectivity index (χ4v) is 2.93. The molecule has 1 aromatic carbocycles. The molecule has 0 saturated carbocycles. The minimum Gasteiger partial charge on any atom is -0.393 e. The molecular weight excluding hydrogens is 224 g/mol. The van der Waals surface area contributed by atoms with Crippen molar-refractivity contribution in [1.29, 1.82) is 0 Å². The average Bonchev–Trinajstić information content (AvgIpc) is 2.16. The molecule has 0 heterocycles. The Morgan fingerprint density at radius 3 is 2.62 bits per heavy atom. The molecule has 0 aliphatic heterocycles. The molecule has 0 bridgehead atoms. The number of hydrogen-bond donors (Lipinski definition) is 1. The van der Waals surface area contributed by atoms with Crippen LogP contribution in [0.2, 0.25) is 0 Å². The van der Waals surface area contributed by atoms with Crippen LogP contribution >= 0.6 is 0 Å². The Hall–Kier alpha value is -0.870. The standard InChI is InChI=1S/C12H18O3S/c1-10-5-3-7-12(9-10)16(14,15)8-4-6-11(2)13/h3,5,7,9,11,13H,4,6,8H2,1-2H3. The molecule has 0 aromatic heterocycles. The zero-order valence-corrected chi connectivity index (χ0v) is 10.5. The van der Waals surface area contributed by atoms with Gasteiger partial charge < -0.3 is 5.11 Å². The second kappa shape index (κ2) is 5.46. The van der Waals surface area contributed by atoms with Crippen LogP contribution in [0.3, 0.4) is 0 Å². The highest BCUT2D eigenvalue weighted by atomic mass is 32.2. The van der Waals surface area contributed by atoms with Crippen molar-refractivity contribution in [3.05, 3.63) is 29.8 Å². The fourth-order valence-electron chi connectivity index (χ4n) is 1.50. The topological polar surface area (TPSA) is 54.4 Å². The molecule has 1 atom stereocenters. The Labute approximate surface area is 97.0 Å². The molecule has 0 fully saturated rings. The normalized spacial score (nSPS) is 13.7. The second-order valence-corrected chi connectivity index (χ2v) is 6.24. The van der Waals surface area contributed by atoms with Crippen LogP contribution in [0.25, 0.3) is 0 Å². The fraction of sp³-hybridized carbons (Fsp3) is 0.500. The van der Waals surface area contributed by atoms with E-state index in [0.717, 1.165) is 5.56 Å². The van der Waals surface area contributed by atoms with Crippen molar-refractivity contribution >= 4 is 9.84 Å². The maximum absolute atomic E-state index is 11.9. The number of aryl methyl sites for hydroxylation is 1. The number of aliphatic hydroxyl groups excluding tert-OH is 1. The van der Waals surface area contributed by atoms with Crippen LogP contribution < -0.4 is 0 Å². The zero-order chi connectivity index (χ0) is 12.2. The Morgan fingerprint density at radius 1 is 1.38 bits per heavy atom. The predicted octanol–water partition coefficient (Wildman–Crippen LogP) is 1.93. The van der Waals surface area contributed by atoms with Crippen molar-refractivity contribution in [2.75, 3.05) is 5.75 Å². The van der Waals surface area contributed by atoms with Gasteiger partial charge in [-0.3, -0.25) is 0 Å². The van der Waals surface area contributed by atoms with Gasteiger partial charge in [-0.15, -0.1) is 0 Å². The molecule has 1 aromatic rings. The summed E-state index contributed by atoms with van der Waals surface area (Å²) in [6, 6.07) is 6.91. The molecule has 4 heteroatoms. The lowest BCUT2D eigenvalue weighted by molar-refractivity contribution is 0.184. The zero-order valence-electron chi connectivity index (χ0n) is 9.68. The Balaban J connectivity index is 2.71. The first-order chi connectivity index (χ1) is 7.42. The van der Waals surface area contributed by atoms with Crippen molar-refractivity contribution in [3.8, 4) is 0 Å². The van der Waals surface area contributed by atoms with E-state index in [1.807, 2.05) is 13.0 Å². The third-order valence-corrected chi connectivity index (χ3v) is 4.18. The average molecular weight is 242 g/mol. The highest BCUT2D eigenvalue weighted by Gasteiger charge is 2.14. The van der Waals surface area contributed by atoms with Gasteiger partial charge in [-0.2, -0.15) is 0 Å². The summed E-state index contributed by atoms with van der Waals surface area (Å²) in [5, 5.41) is 9.07. The SMILES string of the molecule is Cc1cccc(S(=O)(=O)CCCC(C)O)c1. The molecule has 0 aliphatic carbocycles. The van der Waals surface area contributed by atoms with Crippen molar-refractivity contribution in [2.24, 2.45) is 0 Å². The first kappa shape index (κ1) is 13.2. The van der Waals surface area contributed by atoms with Gasteiger partial charge in [0.25, 0.3) is 0 Å². The van der Waals surface area contributed by atoms with E-state index in [9.17, 15) is 8.42 Å². The van der Waals surface area contributed by atoms with Crippen LogP contribution in [0, 0.1) is 6.92 Å². The number of hydrogen-bond acceptors (Lipinski definition) is 3. The van der Waals surface area contributed by atoms with Gasteiger partial charge in [-0.1, -0.05) is 12.1 Å². The minimum atomic E-state index is -3.19. The van der Waals surface area contributed by atoms with E-state index in [4.69, 9.17) is 5.11 Å². The number of aliphatic hydroxyl groups is 1. The minimum absolute atomic E-state index is 0.0986. The number of benzene rings is 1. The van der Waals surface area contributed by atoms with Crippen molar-refractivity contribution in [3.63, 3.8) is 0 Å². The molecule has 0 radical (unpaired) electrons. The highest BCUT2D eigenvalue weighted by molar-refractivity contribution is 7.91. The van der Waals surface area contributed by atoms with Gasteiger partial charge in [0.1, 0.15) is 0 Å². The summed E-state index contributed by atoms with van der Waals surface area (Å²) in [6.07, 6.45) is 0.576. The predicted molar refractivity (Wildman–Crippen MR) is 64.1 cm³/mol. The van der Waals surface area contributed by atoms with Gasteiger partial charge in [-0.25, -0.2) is 8.42 Å². The third-order valence-electron chi connectivity index (χ3n) is 2.38. The van der Waals surface area contributed by atoms with Crippen LogP contribution in [0.4, 0.5) is 0 Å². The summed E-state index contributed by atoms with van der Waals surface area (Å²) < 4.78 is 23.8. The maximum atomic E-state index is 11.9. The molecule has 1 unspecified atom stereocenters. The molecule has 1 N–H and O–H groups in total. The highest BCUT2D eigenvalue weighted by Crippen LogP contribution is 2.14. The maximum Gasteiger partial charge on any atom is 0.178 e. The van der Waals surface area contributed by atoms with Gasteiger partial charge >= 0.3 is 0 Å². The monoisotopic (exact) mass is 242 g/mol. The van der Waals surface area contributed by atoms with Crippen molar-refractivity contribution < 1.29 is 13.5 Å². The molecule has 0 aliphatic rings. The van der Waals surface area contributed by atoms with Gasteiger partial charge in [0, 0.05) is 0 Å². The number of rotatable bonds is 5. The Bertz CT molecular complexity index is 435. The van der Waals surface area contributed by atoms with Crippen LogP contribution in [-0.2, 0) is 9.84 Å². The smallest absolute Gasteiger partial charge is 0.178 e. The third kappa shape index (κ3) is 3.94. The summed E-state index contributed by atoms with van der Waals surface area (Å²) >= 11 is 0. The first-order valence-corrected chi connectivity index (χ1v) is 7.04. The molecular formula is C12H18O3S. The summed E-state index contributed by atoms with van der Waals surface area (Å²) in [6.45, 7) is 3.54. The van der Waals surface area contributed by atoms with Gasteiger partial charge in [0.2, 0.25) is 0 Å². The van der Waals surface area contributed by atoms with E-state index < -0.39 is 15.9 Å². The lowest BCUT2D eigenvalue weighted by atomic mass is 10.2. The first-order valence-electron chi connectivity index (χ1n) is 5.39. The van der Waals surface area contributed by atoms with E-state index in [1.54, 1.807) is 25.1 Å². The Morgan fingerprint density at radius 2 is 2.06 bits per heavy atom. The van der Waals surface area contributed by atoms with Crippen LogP contribution in [0.5, 0.6) is 0 Å². The van der Waals surface area contributed by atoms with Crippen LogP contribution in [0.15, 0.2) is 29.2 Å². The molecule has 0 saturated heterocycles. The van der Waals surface area contributed by atoms with E-state index in [0.29, 0.717) is 17.7 Å². The second-order valence-electron chi connectivity index (χ2n) is 4.13.